The van der Waals surface area contributed by atoms with Gasteiger partial charge in [-0.25, -0.2) is 4.98 Å². The maximum absolute atomic E-state index is 5.79. The molecule has 98 valence electrons. The quantitative estimate of drug-likeness (QED) is 0.794. The van der Waals surface area contributed by atoms with Crippen molar-refractivity contribution >= 4 is 22.4 Å². The average molecular weight is 271 g/mol. The Labute approximate surface area is 116 Å². The van der Waals surface area contributed by atoms with Gasteiger partial charge in [-0.2, -0.15) is 0 Å². The third-order valence-electron chi connectivity index (χ3n) is 3.45. The molecule has 0 saturated carbocycles. The highest BCUT2D eigenvalue weighted by Gasteiger charge is 2.13. The molecule has 0 aliphatic heterocycles. The fraction of sp³-hybridized carbons (Fsp3) is 0.267. The molecule has 0 bridgehead atoms. The zero-order valence-electron chi connectivity index (χ0n) is 11.2. The minimum absolute atomic E-state index is 0.526. The monoisotopic (exact) mass is 271 g/mol. The summed E-state index contributed by atoms with van der Waals surface area (Å²) in [6.45, 7) is 2.70. The normalized spacial score (nSPS) is 11.3. The van der Waals surface area contributed by atoms with E-state index >= 15 is 0 Å². The lowest BCUT2D eigenvalue weighted by molar-refractivity contribution is 0.963. The van der Waals surface area contributed by atoms with Gasteiger partial charge in [-0.3, -0.25) is 0 Å². The first-order valence-corrected chi connectivity index (χ1v) is 7.29. The summed E-state index contributed by atoms with van der Waals surface area (Å²) in [5.41, 5.74) is 9.06. The van der Waals surface area contributed by atoms with Crippen LogP contribution < -0.4 is 5.73 Å². The Balaban J connectivity index is 2.22. The number of thiophene rings is 1. The largest absolute Gasteiger partial charge is 0.326 e. The summed E-state index contributed by atoms with van der Waals surface area (Å²) in [6, 6.07) is 10.5. The van der Waals surface area contributed by atoms with Gasteiger partial charge in [-0.05, 0) is 30.2 Å². The summed E-state index contributed by atoms with van der Waals surface area (Å²) in [7, 11) is 2.07. The van der Waals surface area contributed by atoms with E-state index in [2.05, 4.69) is 36.7 Å². The van der Waals surface area contributed by atoms with Crippen LogP contribution in [-0.4, -0.2) is 9.55 Å². The van der Waals surface area contributed by atoms with Gasteiger partial charge < -0.3 is 10.3 Å². The molecule has 0 aliphatic carbocycles. The predicted octanol–water partition coefficient (Wildman–Crippen LogP) is 3.32. The molecule has 0 unspecified atom stereocenters. The summed E-state index contributed by atoms with van der Waals surface area (Å²) in [5, 5.41) is 0. The van der Waals surface area contributed by atoms with Crippen molar-refractivity contribution in [1.82, 2.24) is 9.55 Å². The Morgan fingerprint density at radius 3 is 2.79 bits per heavy atom. The number of para-hydroxylation sites is 1. The molecule has 0 aliphatic rings. The van der Waals surface area contributed by atoms with E-state index in [1.165, 1.54) is 9.75 Å². The van der Waals surface area contributed by atoms with Gasteiger partial charge in [0.2, 0.25) is 0 Å². The third kappa shape index (κ3) is 1.97. The maximum Gasteiger partial charge on any atom is 0.150 e. The van der Waals surface area contributed by atoms with Crippen LogP contribution in [0.5, 0.6) is 0 Å². The van der Waals surface area contributed by atoms with Gasteiger partial charge in [0.25, 0.3) is 0 Å². The van der Waals surface area contributed by atoms with E-state index in [9.17, 15) is 0 Å². The molecule has 19 heavy (non-hydrogen) atoms. The molecule has 0 radical (unpaired) electrons. The fourth-order valence-electron chi connectivity index (χ4n) is 2.35. The van der Waals surface area contributed by atoms with E-state index in [-0.39, 0.29) is 0 Å². The molecule has 2 N–H and O–H groups in total. The van der Waals surface area contributed by atoms with Gasteiger partial charge in [0.05, 0.1) is 15.9 Å². The molecule has 2 aromatic heterocycles. The van der Waals surface area contributed by atoms with Crippen LogP contribution in [0.1, 0.15) is 17.4 Å². The Morgan fingerprint density at radius 2 is 2.11 bits per heavy atom. The standard InChI is InChI=1S/C15H17N3S/c1-3-11-7-8-13(19-11)15-17-14-10(9-16)5-4-6-12(14)18(15)2/h4-8H,3,9,16H2,1-2H3. The first-order chi connectivity index (χ1) is 9.24. The van der Waals surface area contributed by atoms with E-state index in [4.69, 9.17) is 10.7 Å². The summed E-state index contributed by atoms with van der Waals surface area (Å²) in [6.07, 6.45) is 1.07. The van der Waals surface area contributed by atoms with Crippen molar-refractivity contribution in [3.05, 3.63) is 40.8 Å². The van der Waals surface area contributed by atoms with Crippen LogP contribution in [0.2, 0.25) is 0 Å². The van der Waals surface area contributed by atoms with E-state index < -0.39 is 0 Å². The highest BCUT2D eigenvalue weighted by atomic mass is 32.1. The van der Waals surface area contributed by atoms with E-state index in [0.717, 1.165) is 28.8 Å². The number of benzene rings is 1. The van der Waals surface area contributed by atoms with Crippen LogP contribution in [0.3, 0.4) is 0 Å². The van der Waals surface area contributed by atoms with Crippen molar-refractivity contribution in [3.63, 3.8) is 0 Å². The van der Waals surface area contributed by atoms with Crippen molar-refractivity contribution in [2.24, 2.45) is 12.8 Å². The second kappa shape index (κ2) is 4.79. The lowest BCUT2D eigenvalue weighted by Gasteiger charge is -2.00. The molecule has 1 aromatic carbocycles. The molecule has 0 spiro atoms. The van der Waals surface area contributed by atoms with Crippen LogP contribution in [0.4, 0.5) is 0 Å². The molecule has 2 heterocycles. The van der Waals surface area contributed by atoms with Crippen molar-refractivity contribution in [2.75, 3.05) is 0 Å². The molecule has 0 amide bonds. The number of imidazole rings is 1. The lowest BCUT2D eigenvalue weighted by atomic mass is 10.2. The van der Waals surface area contributed by atoms with Crippen LogP contribution in [0.15, 0.2) is 30.3 Å². The number of fused-ring (bicyclic) bond motifs is 1. The van der Waals surface area contributed by atoms with Gasteiger partial charge in [-0.1, -0.05) is 19.1 Å². The van der Waals surface area contributed by atoms with Crippen molar-refractivity contribution < 1.29 is 0 Å². The number of hydrogen-bond acceptors (Lipinski definition) is 3. The van der Waals surface area contributed by atoms with E-state index in [1.807, 2.05) is 23.5 Å². The highest BCUT2D eigenvalue weighted by Crippen LogP contribution is 2.30. The molecule has 3 aromatic rings. The van der Waals surface area contributed by atoms with E-state index in [0.29, 0.717) is 6.54 Å². The average Bonchev–Trinajstić information content (AvgIpc) is 3.03. The van der Waals surface area contributed by atoms with Gasteiger partial charge >= 0.3 is 0 Å². The number of aryl methyl sites for hydroxylation is 2. The Morgan fingerprint density at radius 1 is 1.26 bits per heavy atom. The number of hydrogen-bond donors (Lipinski definition) is 1. The molecule has 0 fully saturated rings. The molecule has 3 nitrogen and oxygen atoms in total. The number of aromatic nitrogens is 2. The summed E-state index contributed by atoms with van der Waals surface area (Å²) >= 11 is 1.81. The zero-order valence-corrected chi connectivity index (χ0v) is 12.0. The van der Waals surface area contributed by atoms with Crippen molar-refractivity contribution in [1.29, 1.82) is 0 Å². The second-order valence-electron chi connectivity index (χ2n) is 4.60. The molecular weight excluding hydrogens is 254 g/mol. The molecule has 4 heteroatoms. The molecule has 3 rings (SSSR count). The smallest absolute Gasteiger partial charge is 0.150 e. The summed E-state index contributed by atoms with van der Waals surface area (Å²) < 4.78 is 2.15. The molecular formula is C15H17N3S. The minimum Gasteiger partial charge on any atom is -0.326 e. The van der Waals surface area contributed by atoms with Gasteiger partial charge in [0.1, 0.15) is 0 Å². The first kappa shape index (κ1) is 12.4. The number of nitrogens with two attached hydrogens (primary N) is 1. The van der Waals surface area contributed by atoms with Crippen molar-refractivity contribution in [2.45, 2.75) is 19.9 Å². The number of rotatable bonds is 3. The van der Waals surface area contributed by atoms with Gasteiger partial charge in [0, 0.05) is 18.5 Å². The Bertz CT molecular complexity index is 724. The van der Waals surface area contributed by atoms with Crippen molar-refractivity contribution in [3.8, 4) is 10.7 Å². The van der Waals surface area contributed by atoms with Gasteiger partial charge in [-0.15, -0.1) is 11.3 Å². The highest BCUT2D eigenvalue weighted by molar-refractivity contribution is 7.15. The summed E-state index contributed by atoms with van der Waals surface area (Å²) in [4.78, 5) is 7.41. The van der Waals surface area contributed by atoms with Crippen LogP contribution in [-0.2, 0) is 20.0 Å². The Kier molecular flexibility index (Phi) is 3.12. The summed E-state index contributed by atoms with van der Waals surface area (Å²) in [5.74, 6) is 1.03. The topological polar surface area (TPSA) is 43.8 Å². The third-order valence-corrected chi connectivity index (χ3v) is 4.67. The second-order valence-corrected chi connectivity index (χ2v) is 5.77. The predicted molar refractivity (Wildman–Crippen MR) is 81.3 cm³/mol. The fourth-order valence-corrected chi connectivity index (χ4v) is 3.32. The zero-order chi connectivity index (χ0) is 13.4. The Hall–Kier alpha value is -1.65. The first-order valence-electron chi connectivity index (χ1n) is 6.48. The number of nitrogens with zero attached hydrogens (tertiary/aromatic N) is 2. The maximum atomic E-state index is 5.79. The SMILES string of the molecule is CCc1ccc(-c2nc3c(CN)cccc3n2C)s1. The molecule has 0 saturated heterocycles. The van der Waals surface area contributed by atoms with E-state index in [1.54, 1.807) is 0 Å². The van der Waals surface area contributed by atoms with Gasteiger partial charge in [0.15, 0.2) is 5.82 Å². The lowest BCUT2D eigenvalue weighted by Crippen LogP contribution is -1.97. The van der Waals surface area contributed by atoms with Crippen LogP contribution in [0.25, 0.3) is 21.7 Å². The van der Waals surface area contributed by atoms with Crippen LogP contribution >= 0.6 is 11.3 Å². The van der Waals surface area contributed by atoms with Crippen LogP contribution in [0, 0.1) is 0 Å². The molecule has 0 atom stereocenters. The minimum atomic E-state index is 0.526.